The molecule has 41 heavy (non-hydrogen) atoms. The van der Waals surface area contributed by atoms with E-state index in [1.54, 1.807) is 30.5 Å². The van der Waals surface area contributed by atoms with Crippen molar-refractivity contribution in [1.29, 1.82) is 0 Å². The number of hydrogen-bond donors (Lipinski definition) is 2. The lowest BCUT2D eigenvalue weighted by atomic mass is 10.1. The molecule has 12 heteroatoms. The zero-order valence-corrected chi connectivity index (χ0v) is 26.9. The zero-order valence-electron chi connectivity index (χ0n) is 22.1. The second-order valence-corrected chi connectivity index (χ2v) is 11.4. The molecule has 0 atom stereocenters. The first-order valence-corrected chi connectivity index (χ1v) is 15.0. The molecule has 3 heterocycles. The minimum Gasteiger partial charge on any atom is -0.454 e. The number of likely N-dealkylation sites (tertiary alicyclic amines) is 1. The summed E-state index contributed by atoms with van der Waals surface area (Å²) in [5.41, 5.74) is 2.81. The first kappa shape index (κ1) is 33.1. The SMILES string of the molecule is Cl.Cl.O=C(NCCN1CCCC1)c1ccc(Cl)c(Oc2cc(Nc3nc(CCc4ccccc4)cs3)ncc2Br)c1. The largest absolute Gasteiger partial charge is 0.454 e. The van der Waals surface area contributed by atoms with Crippen molar-refractivity contribution in [3.8, 4) is 11.5 Å². The molecule has 4 aromatic rings. The molecule has 0 bridgehead atoms. The number of thiazole rings is 1. The number of carbonyl (C=O) groups is 1. The van der Waals surface area contributed by atoms with E-state index in [1.807, 2.05) is 6.07 Å². The summed E-state index contributed by atoms with van der Waals surface area (Å²) in [7, 11) is 0. The average molecular weight is 700 g/mol. The van der Waals surface area contributed by atoms with Crippen LogP contribution in [0.2, 0.25) is 5.02 Å². The fourth-order valence-electron chi connectivity index (χ4n) is 4.35. The van der Waals surface area contributed by atoms with Gasteiger partial charge < -0.3 is 20.3 Å². The Hall–Kier alpha value is -2.40. The summed E-state index contributed by atoms with van der Waals surface area (Å²) in [5.74, 6) is 1.34. The molecule has 1 aliphatic heterocycles. The van der Waals surface area contributed by atoms with Crippen molar-refractivity contribution in [3.63, 3.8) is 0 Å². The highest BCUT2D eigenvalue weighted by Gasteiger charge is 2.15. The van der Waals surface area contributed by atoms with Crippen molar-refractivity contribution in [2.24, 2.45) is 0 Å². The molecule has 2 aromatic heterocycles. The predicted molar refractivity (Wildman–Crippen MR) is 175 cm³/mol. The summed E-state index contributed by atoms with van der Waals surface area (Å²) in [6.07, 6.45) is 5.92. The van der Waals surface area contributed by atoms with Gasteiger partial charge in [0.1, 0.15) is 17.3 Å². The molecule has 7 nitrogen and oxygen atoms in total. The number of anilines is 2. The molecule has 0 aliphatic carbocycles. The summed E-state index contributed by atoms with van der Waals surface area (Å²) in [6, 6.07) is 17.2. The van der Waals surface area contributed by atoms with Gasteiger partial charge in [0, 0.05) is 36.3 Å². The second kappa shape index (κ2) is 16.3. The Balaban J connectivity index is 0.00000231. The van der Waals surface area contributed by atoms with Crippen molar-refractivity contribution in [3.05, 3.63) is 92.5 Å². The van der Waals surface area contributed by atoms with E-state index in [9.17, 15) is 4.79 Å². The molecule has 218 valence electrons. The monoisotopic (exact) mass is 697 g/mol. The van der Waals surface area contributed by atoms with Crippen molar-refractivity contribution in [1.82, 2.24) is 20.2 Å². The van der Waals surface area contributed by atoms with Crippen LogP contribution in [0.25, 0.3) is 0 Å². The quantitative estimate of drug-likeness (QED) is 0.166. The van der Waals surface area contributed by atoms with Gasteiger partial charge in [-0.2, -0.15) is 0 Å². The normalized spacial score (nSPS) is 12.7. The van der Waals surface area contributed by atoms with Crippen LogP contribution in [0, 0.1) is 0 Å². The Labute approximate surface area is 270 Å². The third-order valence-electron chi connectivity index (χ3n) is 6.45. The van der Waals surface area contributed by atoms with E-state index >= 15 is 0 Å². The molecule has 2 aromatic carbocycles. The van der Waals surface area contributed by atoms with Crippen LogP contribution in [0.5, 0.6) is 11.5 Å². The third-order valence-corrected chi connectivity index (χ3v) is 8.16. The molecular weight excluding hydrogens is 669 g/mol. The highest BCUT2D eigenvalue weighted by Crippen LogP contribution is 2.36. The summed E-state index contributed by atoms with van der Waals surface area (Å²) < 4.78 is 6.78. The van der Waals surface area contributed by atoms with Crippen LogP contribution in [-0.2, 0) is 12.8 Å². The summed E-state index contributed by atoms with van der Waals surface area (Å²) in [4.78, 5) is 24.2. The standard InChI is InChI=1S/C29H29BrClN5O2S.2ClH/c30-23-18-33-27(35-29-34-22(19-39-29)10-8-20-6-2-1-3-7-20)17-25(23)38-26-16-21(9-11-24(26)31)28(37)32-12-15-36-13-4-5-14-36;;/h1-3,6-7,9,11,16-19H,4-5,8,10,12-15H2,(H,32,37)(H,33,34,35);2*1H. The average Bonchev–Trinajstić information content (AvgIpc) is 3.63. The Kier molecular flexibility index (Phi) is 13.2. The summed E-state index contributed by atoms with van der Waals surface area (Å²) >= 11 is 11.5. The highest BCUT2D eigenvalue weighted by molar-refractivity contribution is 9.10. The molecule has 1 aliphatic rings. The van der Waals surface area contributed by atoms with Gasteiger partial charge in [0.05, 0.1) is 15.2 Å². The van der Waals surface area contributed by atoms with Gasteiger partial charge in [-0.1, -0.05) is 41.9 Å². The van der Waals surface area contributed by atoms with Crippen molar-refractivity contribution < 1.29 is 9.53 Å². The predicted octanol–water partition coefficient (Wildman–Crippen LogP) is 7.94. The Morgan fingerprint density at radius 3 is 2.61 bits per heavy atom. The number of halogens is 4. The third kappa shape index (κ3) is 9.56. The molecule has 1 fully saturated rings. The van der Waals surface area contributed by atoms with Gasteiger partial charge in [0.2, 0.25) is 0 Å². The van der Waals surface area contributed by atoms with Crippen LogP contribution in [-0.4, -0.2) is 47.0 Å². The molecular formula is C29H31BrCl3N5O2S. The molecule has 0 unspecified atom stereocenters. The van der Waals surface area contributed by atoms with Gasteiger partial charge in [0.25, 0.3) is 5.91 Å². The molecule has 5 rings (SSSR count). The highest BCUT2D eigenvalue weighted by atomic mass is 79.9. The van der Waals surface area contributed by atoms with Crippen LogP contribution >= 0.6 is 63.7 Å². The lowest BCUT2D eigenvalue weighted by molar-refractivity contribution is 0.0949. The van der Waals surface area contributed by atoms with E-state index < -0.39 is 0 Å². The Morgan fingerprint density at radius 2 is 1.83 bits per heavy atom. The number of hydrogen-bond acceptors (Lipinski definition) is 7. The number of benzene rings is 2. The molecule has 1 amide bonds. The van der Waals surface area contributed by atoms with Gasteiger partial charge in [-0.25, -0.2) is 9.97 Å². The van der Waals surface area contributed by atoms with Crippen molar-refractivity contribution >= 4 is 80.5 Å². The Morgan fingerprint density at radius 1 is 1.05 bits per heavy atom. The van der Waals surface area contributed by atoms with Crippen LogP contribution in [0.3, 0.4) is 0 Å². The topological polar surface area (TPSA) is 79.4 Å². The van der Waals surface area contributed by atoms with Crippen molar-refractivity contribution in [2.75, 3.05) is 31.5 Å². The smallest absolute Gasteiger partial charge is 0.251 e. The minimum absolute atomic E-state index is 0. The van der Waals surface area contributed by atoms with Crippen LogP contribution < -0.4 is 15.4 Å². The van der Waals surface area contributed by atoms with Gasteiger partial charge in [-0.05, 0) is 78.5 Å². The number of amides is 1. The molecule has 1 saturated heterocycles. The van der Waals surface area contributed by atoms with E-state index in [2.05, 4.69) is 66.1 Å². The number of rotatable bonds is 11. The summed E-state index contributed by atoms with van der Waals surface area (Å²) in [5, 5.41) is 9.47. The second-order valence-electron chi connectivity index (χ2n) is 9.31. The maximum Gasteiger partial charge on any atom is 0.251 e. The number of aryl methyl sites for hydroxylation is 2. The van der Waals surface area contributed by atoms with E-state index in [0.29, 0.717) is 38.9 Å². The maximum absolute atomic E-state index is 12.7. The van der Waals surface area contributed by atoms with Gasteiger partial charge in [0.15, 0.2) is 5.13 Å². The van der Waals surface area contributed by atoms with E-state index in [1.165, 1.54) is 29.7 Å². The summed E-state index contributed by atoms with van der Waals surface area (Å²) in [6.45, 7) is 3.66. The van der Waals surface area contributed by atoms with E-state index in [-0.39, 0.29) is 30.7 Å². The number of pyridine rings is 1. The van der Waals surface area contributed by atoms with E-state index in [0.717, 1.165) is 43.3 Å². The minimum atomic E-state index is -0.154. The lowest BCUT2D eigenvalue weighted by Crippen LogP contribution is -2.33. The van der Waals surface area contributed by atoms with Crippen LogP contribution in [0.1, 0.15) is 34.5 Å². The first-order chi connectivity index (χ1) is 19.0. The molecule has 0 radical (unpaired) electrons. The fourth-order valence-corrected chi connectivity index (χ4v) is 5.56. The number of ether oxygens (including phenoxy) is 1. The van der Waals surface area contributed by atoms with Crippen LogP contribution in [0.15, 0.2) is 70.6 Å². The number of nitrogens with zero attached hydrogens (tertiary/aromatic N) is 3. The molecule has 0 saturated carbocycles. The number of nitrogens with one attached hydrogen (secondary N) is 2. The van der Waals surface area contributed by atoms with E-state index in [4.69, 9.17) is 21.3 Å². The first-order valence-electron chi connectivity index (χ1n) is 12.9. The van der Waals surface area contributed by atoms with Gasteiger partial charge >= 0.3 is 0 Å². The Bertz CT molecular complexity index is 1420. The molecule has 2 N–H and O–H groups in total. The van der Waals surface area contributed by atoms with Gasteiger partial charge in [-0.15, -0.1) is 36.2 Å². The van der Waals surface area contributed by atoms with Gasteiger partial charge in [-0.3, -0.25) is 4.79 Å². The number of aromatic nitrogens is 2. The zero-order chi connectivity index (χ0) is 27.0. The maximum atomic E-state index is 12.7. The van der Waals surface area contributed by atoms with Crippen LogP contribution in [0.4, 0.5) is 10.9 Å². The molecule has 0 spiro atoms. The fraction of sp³-hybridized carbons (Fsp3) is 0.276. The lowest BCUT2D eigenvalue weighted by Gasteiger charge is -2.15. The van der Waals surface area contributed by atoms with Crippen molar-refractivity contribution in [2.45, 2.75) is 25.7 Å². The number of carbonyl (C=O) groups excluding carboxylic acids is 1.